The molecule has 0 aliphatic carbocycles. The van der Waals surface area contributed by atoms with Gasteiger partial charge in [0.2, 0.25) is 0 Å². The molecule has 3 aromatic rings. The van der Waals surface area contributed by atoms with Crippen LogP contribution in [-0.4, -0.2) is 8.42 Å². The molecule has 3 nitrogen and oxygen atoms in total. The fourth-order valence-corrected chi connectivity index (χ4v) is 3.12. The highest BCUT2D eigenvalue weighted by atomic mass is 32.2. The van der Waals surface area contributed by atoms with Gasteiger partial charge in [0, 0.05) is 5.56 Å². The molecule has 124 valence electrons. The van der Waals surface area contributed by atoms with Crippen molar-refractivity contribution in [2.24, 2.45) is 0 Å². The number of hydrogen-bond donors (Lipinski definition) is 0. The Labute approximate surface area is 148 Å². The van der Waals surface area contributed by atoms with Gasteiger partial charge in [-0.25, -0.2) is 0 Å². The van der Waals surface area contributed by atoms with Gasteiger partial charge in [0.25, 0.3) is 0 Å². The topological polar surface area (TPSA) is 43.4 Å². The average molecular weight is 348 g/mol. The van der Waals surface area contributed by atoms with Gasteiger partial charge in [-0.2, -0.15) is 8.42 Å². The van der Waals surface area contributed by atoms with E-state index in [0.29, 0.717) is 5.56 Å². The van der Waals surface area contributed by atoms with Crippen LogP contribution in [0.4, 0.5) is 0 Å². The SMILES string of the molecule is Cc1ccc(S(=O)(=O)Oc2ccccc2C#Cc2ccccc2)cc1. The second kappa shape index (κ2) is 7.25. The van der Waals surface area contributed by atoms with E-state index in [9.17, 15) is 8.42 Å². The van der Waals surface area contributed by atoms with E-state index in [1.165, 1.54) is 12.1 Å². The van der Waals surface area contributed by atoms with E-state index < -0.39 is 10.1 Å². The summed E-state index contributed by atoms with van der Waals surface area (Å²) in [5, 5.41) is 0. The average Bonchev–Trinajstić information content (AvgIpc) is 2.62. The quantitative estimate of drug-likeness (QED) is 0.527. The number of para-hydroxylation sites is 1. The van der Waals surface area contributed by atoms with Crippen LogP contribution in [0.15, 0.2) is 83.8 Å². The molecule has 0 unspecified atom stereocenters. The summed E-state index contributed by atoms with van der Waals surface area (Å²) in [6.45, 7) is 1.89. The summed E-state index contributed by atoms with van der Waals surface area (Å²) in [4.78, 5) is 0.115. The monoisotopic (exact) mass is 348 g/mol. The van der Waals surface area contributed by atoms with Gasteiger partial charge in [0.1, 0.15) is 4.90 Å². The normalized spacial score (nSPS) is 10.6. The second-order valence-corrected chi connectivity index (χ2v) is 7.01. The first-order valence-corrected chi connectivity index (χ1v) is 9.13. The maximum Gasteiger partial charge on any atom is 0.339 e. The molecule has 0 spiro atoms. The molecule has 0 amide bonds. The van der Waals surface area contributed by atoms with E-state index >= 15 is 0 Å². The minimum atomic E-state index is -3.90. The molecule has 0 atom stereocenters. The highest BCUT2D eigenvalue weighted by Gasteiger charge is 2.17. The largest absolute Gasteiger partial charge is 0.378 e. The molecule has 0 fully saturated rings. The Morgan fingerprint density at radius 1 is 0.760 bits per heavy atom. The number of rotatable bonds is 3. The van der Waals surface area contributed by atoms with Crippen molar-refractivity contribution in [2.75, 3.05) is 0 Å². The van der Waals surface area contributed by atoms with Gasteiger partial charge in [-0.1, -0.05) is 59.9 Å². The van der Waals surface area contributed by atoms with Crippen LogP contribution in [0.3, 0.4) is 0 Å². The lowest BCUT2D eigenvalue weighted by Gasteiger charge is -2.08. The van der Waals surface area contributed by atoms with Crippen LogP contribution in [0.25, 0.3) is 0 Å². The van der Waals surface area contributed by atoms with E-state index in [0.717, 1.165) is 11.1 Å². The molecule has 0 bridgehead atoms. The molecule has 0 aromatic heterocycles. The molecule has 0 heterocycles. The summed E-state index contributed by atoms with van der Waals surface area (Å²) in [7, 11) is -3.90. The molecular weight excluding hydrogens is 332 g/mol. The van der Waals surface area contributed by atoms with Crippen LogP contribution >= 0.6 is 0 Å². The first-order valence-electron chi connectivity index (χ1n) is 7.72. The van der Waals surface area contributed by atoms with Crippen LogP contribution in [0, 0.1) is 18.8 Å². The maximum atomic E-state index is 12.5. The molecule has 0 saturated carbocycles. The van der Waals surface area contributed by atoms with Gasteiger partial charge in [-0.3, -0.25) is 0 Å². The molecule has 0 saturated heterocycles. The maximum absolute atomic E-state index is 12.5. The minimum Gasteiger partial charge on any atom is -0.378 e. The first-order chi connectivity index (χ1) is 12.0. The Morgan fingerprint density at radius 2 is 1.40 bits per heavy atom. The van der Waals surface area contributed by atoms with E-state index in [-0.39, 0.29) is 10.6 Å². The highest BCUT2D eigenvalue weighted by molar-refractivity contribution is 7.87. The molecule has 0 aliphatic heterocycles. The van der Waals surface area contributed by atoms with Gasteiger partial charge in [-0.15, -0.1) is 0 Å². The number of benzene rings is 3. The predicted molar refractivity (Wildman–Crippen MR) is 97.9 cm³/mol. The van der Waals surface area contributed by atoms with Gasteiger partial charge in [-0.05, 0) is 43.3 Å². The van der Waals surface area contributed by atoms with Crippen molar-refractivity contribution in [1.29, 1.82) is 0 Å². The van der Waals surface area contributed by atoms with Crippen LogP contribution in [-0.2, 0) is 10.1 Å². The fourth-order valence-electron chi connectivity index (χ4n) is 2.17. The lowest BCUT2D eigenvalue weighted by Crippen LogP contribution is -2.10. The van der Waals surface area contributed by atoms with Gasteiger partial charge in [0.15, 0.2) is 5.75 Å². The summed E-state index contributed by atoms with van der Waals surface area (Å²) in [5.74, 6) is 6.20. The smallest absolute Gasteiger partial charge is 0.339 e. The van der Waals surface area contributed by atoms with E-state index in [1.54, 1.807) is 36.4 Å². The molecule has 25 heavy (non-hydrogen) atoms. The molecule has 4 heteroatoms. The lowest BCUT2D eigenvalue weighted by molar-refractivity contribution is 0.485. The summed E-state index contributed by atoms with van der Waals surface area (Å²) >= 11 is 0. The van der Waals surface area contributed by atoms with Crippen LogP contribution < -0.4 is 4.18 Å². The van der Waals surface area contributed by atoms with Gasteiger partial charge in [0.05, 0.1) is 5.56 Å². The minimum absolute atomic E-state index is 0.115. The Bertz CT molecular complexity index is 1030. The standard InChI is InChI=1S/C21H16O3S/c1-17-11-15-20(16-12-17)25(22,23)24-21-10-6-5-9-19(21)14-13-18-7-3-2-4-8-18/h2-12,15-16H,1H3. The number of aryl methyl sites for hydroxylation is 1. The Hall–Kier alpha value is -3.03. The van der Waals surface area contributed by atoms with Crippen molar-refractivity contribution in [3.05, 3.63) is 95.6 Å². The third-order valence-corrected chi connectivity index (χ3v) is 4.76. The fraction of sp³-hybridized carbons (Fsp3) is 0.0476. The zero-order chi connectivity index (χ0) is 17.7. The highest BCUT2D eigenvalue weighted by Crippen LogP contribution is 2.22. The summed E-state index contributed by atoms with van der Waals surface area (Å²) < 4.78 is 30.3. The van der Waals surface area contributed by atoms with E-state index in [4.69, 9.17) is 4.18 Å². The first kappa shape index (κ1) is 16.8. The second-order valence-electron chi connectivity index (χ2n) is 5.46. The van der Waals surface area contributed by atoms with Gasteiger partial charge < -0.3 is 4.18 Å². The molecule has 0 N–H and O–H groups in total. The summed E-state index contributed by atoms with van der Waals surface area (Å²) in [6, 6.07) is 22.9. The molecule has 0 aliphatic rings. The zero-order valence-corrected chi connectivity index (χ0v) is 14.5. The molecule has 3 aromatic carbocycles. The summed E-state index contributed by atoms with van der Waals surface area (Å²) in [5.41, 5.74) is 2.34. The Kier molecular flexibility index (Phi) is 4.87. The van der Waals surface area contributed by atoms with E-state index in [2.05, 4.69) is 11.8 Å². The Morgan fingerprint density at radius 3 is 2.12 bits per heavy atom. The van der Waals surface area contributed by atoms with Crippen LogP contribution in [0.2, 0.25) is 0 Å². The molecule has 3 rings (SSSR count). The zero-order valence-electron chi connectivity index (χ0n) is 13.6. The predicted octanol–water partition coefficient (Wildman–Crippen LogP) is 4.16. The van der Waals surface area contributed by atoms with Crippen LogP contribution in [0.1, 0.15) is 16.7 Å². The van der Waals surface area contributed by atoms with Crippen LogP contribution in [0.5, 0.6) is 5.75 Å². The van der Waals surface area contributed by atoms with Crippen molar-refractivity contribution in [3.8, 4) is 17.6 Å². The summed E-state index contributed by atoms with van der Waals surface area (Å²) in [6.07, 6.45) is 0. The third-order valence-electron chi connectivity index (χ3n) is 3.51. The number of hydrogen-bond acceptors (Lipinski definition) is 3. The molecular formula is C21H16O3S. The van der Waals surface area contributed by atoms with Crippen molar-refractivity contribution < 1.29 is 12.6 Å². The van der Waals surface area contributed by atoms with Crippen molar-refractivity contribution in [2.45, 2.75) is 11.8 Å². The molecule has 0 radical (unpaired) electrons. The van der Waals surface area contributed by atoms with Crippen molar-refractivity contribution in [1.82, 2.24) is 0 Å². The van der Waals surface area contributed by atoms with E-state index in [1.807, 2.05) is 37.3 Å². The third kappa shape index (κ3) is 4.28. The lowest BCUT2D eigenvalue weighted by atomic mass is 10.1. The Balaban J connectivity index is 1.91. The van der Waals surface area contributed by atoms with Crippen molar-refractivity contribution in [3.63, 3.8) is 0 Å². The van der Waals surface area contributed by atoms with Crippen molar-refractivity contribution >= 4 is 10.1 Å². The van der Waals surface area contributed by atoms with Gasteiger partial charge >= 0.3 is 10.1 Å².